The molecule has 0 aromatic heterocycles. The normalized spacial score (nSPS) is 24.3. The summed E-state index contributed by atoms with van der Waals surface area (Å²) in [6.07, 6.45) is 9.25. The Morgan fingerprint density at radius 1 is 1.05 bits per heavy atom. The Bertz CT molecular complexity index is 1720. The van der Waals surface area contributed by atoms with E-state index in [2.05, 4.69) is 44.6 Å². The maximum absolute atomic E-state index is 12.3. The van der Waals surface area contributed by atoms with Crippen molar-refractivity contribution in [2.75, 3.05) is 14.2 Å². The van der Waals surface area contributed by atoms with Crippen LogP contribution in [0.2, 0.25) is 0 Å². The summed E-state index contributed by atoms with van der Waals surface area (Å²) in [5.74, 6) is -0.153. The summed E-state index contributed by atoms with van der Waals surface area (Å²) in [5, 5.41) is 3.73. The Morgan fingerprint density at radius 2 is 1.79 bits per heavy atom. The first-order valence-electron chi connectivity index (χ1n) is 14.8. The van der Waals surface area contributed by atoms with Crippen molar-refractivity contribution in [3.05, 3.63) is 91.4 Å². The lowest BCUT2D eigenvalue weighted by molar-refractivity contribution is -0.140. The van der Waals surface area contributed by atoms with Gasteiger partial charge in [-0.15, -0.1) is 0 Å². The summed E-state index contributed by atoms with van der Waals surface area (Å²) in [5.41, 5.74) is 17.7. The molecule has 5 aliphatic heterocycles. The zero-order valence-corrected chi connectivity index (χ0v) is 25.8. The topological polar surface area (TPSA) is 114 Å². The second kappa shape index (κ2) is 11.0. The van der Waals surface area contributed by atoms with Crippen LogP contribution in [0.1, 0.15) is 60.3 Å². The number of aliphatic imine (C=N–C) groups is 3. The van der Waals surface area contributed by atoms with Gasteiger partial charge in [-0.3, -0.25) is 19.9 Å². The van der Waals surface area contributed by atoms with Crippen LogP contribution >= 0.6 is 0 Å². The van der Waals surface area contributed by atoms with Crippen molar-refractivity contribution in [2.45, 2.75) is 60.3 Å². The molecule has 0 radical (unpaired) electrons. The first-order chi connectivity index (χ1) is 20.7. The number of hydrogen-bond acceptors (Lipinski definition) is 9. The van der Waals surface area contributed by atoms with E-state index >= 15 is 0 Å². The Hall–Kier alpha value is -4.37. The van der Waals surface area contributed by atoms with Crippen LogP contribution in [0.15, 0.2) is 106 Å². The minimum Gasteiger partial charge on any atom is -0.469 e. The van der Waals surface area contributed by atoms with E-state index in [1.807, 2.05) is 19.1 Å². The van der Waals surface area contributed by atoms with Crippen LogP contribution in [0.3, 0.4) is 0 Å². The van der Waals surface area contributed by atoms with Crippen molar-refractivity contribution < 1.29 is 19.2 Å². The Balaban J connectivity index is 1.61. The molecule has 0 amide bonds. The fourth-order valence-corrected chi connectivity index (χ4v) is 6.88. The lowest BCUT2D eigenvalue weighted by Gasteiger charge is -2.17. The smallest absolute Gasteiger partial charge is 0.305 e. The number of fused-ring (bicyclic) bond motifs is 5. The molecule has 0 aromatic rings. The molecule has 6 aliphatic rings. The first-order valence-corrected chi connectivity index (χ1v) is 14.8. The van der Waals surface area contributed by atoms with Gasteiger partial charge in [0.15, 0.2) is 6.29 Å². The number of aldehydes is 1. The van der Waals surface area contributed by atoms with Gasteiger partial charge in [-0.25, -0.2) is 15.0 Å². The molecule has 0 aromatic carbocycles. The Labute approximate surface area is 252 Å². The molecule has 9 heteroatoms. The van der Waals surface area contributed by atoms with Gasteiger partial charge < -0.3 is 10.1 Å². The van der Waals surface area contributed by atoms with E-state index in [0.29, 0.717) is 30.5 Å². The van der Waals surface area contributed by atoms with Gasteiger partial charge in [-0.05, 0) is 74.1 Å². The summed E-state index contributed by atoms with van der Waals surface area (Å²) in [6.45, 7) is 10.4. The third-order valence-corrected chi connectivity index (χ3v) is 9.35. The molecule has 0 unspecified atom stereocenters. The van der Waals surface area contributed by atoms with Gasteiger partial charge in [0, 0.05) is 52.8 Å². The van der Waals surface area contributed by atoms with E-state index < -0.39 is 0 Å². The number of nitrogens with zero attached hydrogens (tertiary/aromatic N) is 3. The van der Waals surface area contributed by atoms with E-state index in [0.717, 1.165) is 91.8 Å². The predicted molar refractivity (Wildman–Crippen MR) is 167 cm³/mol. The van der Waals surface area contributed by atoms with Crippen molar-refractivity contribution in [3.63, 3.8) is 0 Å². The van der Waals surface area contributed by atoms with Crippen LogP contribution < -0.4 is 10.8 Å². The molecule has 0 spiro atoms. The second-order valence-corrected chi connectivity index (χ2v) is 11.6. The highest BCUT2D eigenvalue weighted by atomic mass is 16.6. The number of esters is 1. The molecule has 0 saturated carbocycles. The number of carbonyl (C=O) groups is 2. The number of hydrogen-bond donors (Lipinski definition) is 2. The number of methoxy groups -OCH3 is 1. The molecule has 9 nitrogen and oxygen atoms in total. The van der Waals surface area contributed by atoms with Crippen molar-refractivity contribution >= 4 is 29.4 Å². The molecule has 43 heavy (non-hydrogen) atoms. The SMILES string of the molecule is CCC1=C(C)C2=NC1=CC1=C(C)C3=C(NOC)CC(=C4NC(=CC5=NC(=C2)C(C=O)=C5C)[C@@H](C)[C@@H]4CCC(=O)OC)C3=N1. The monoisotopic (exact) mass is 579 g/mol. The van der Waals surface area contributed by atoms with Gasteiger partial charge in [-0.1, -0.05) is 13.8 Å². The number of carbonyl (C=O) groups excluding carboxylic acids is 2. The fraction of sp³-hybridized carbons (Fsp3) is 0.382. The van der Waals surface area contributed by atoms with Gasteiger partial charge in [0.2, 0.25) is 0 Å². The number of rotatable bonds is 7. The molecule has 8 bridgehead atoms. The van der Waals surface area contributed by atoms with Gasteiger partial charge in [0.05, 0.1) is 54.1 Å². The average Bonchev–Trinajstić information content (AvgIpc) is 3.74. The van der Waals surface area contributed by atoms with E-state index in [9.17, 15) is 9.59 Å². The predicted octanol–water partition coefficient (Wildman–Crippen LogP) is 5.40. The zero-order chi connectivity index (χ0) is 30.6. The van der Waals surface area contributed by atoms with Crippen molar-refractivity contribution in [3.8, 4) is 0 Å². The summed E-state index contributed by atoms with van der Waals surface area (Å²) in [6, 6.07) is 0. The van der Waals surface area contributed by atoms with E-state index in [-0.39, 0.29) is 17.8 Å². The summed E-state index contributed by atoms with van der Waals surface area (Å²) >= 11 is 0. The number of hydroxylamine groups is 1. The maximum atomic E-state index is 12.3. The number of allylic oxidation sites excluding steroid dienone is 12. The quantitative estimate of drug-likeness (QED) is 0.237. The largest absolute Gasteiger partial charge is 0.469 e. The van der Waals surface area contributed by atoms with Gasteiger partial charge in [0.1, 0.15) is 0 Å². The third kappa shape index (κ3) is 4.63. The fourth-order valence-electron chi connectivity index (χ4n) is 6.88. The molecule has 2 N–H and O–H groups in total. The van der Waals surface area contributed by atoms with E-state index in [4.69, 9.17) is 24.6 Å². The lowest BCUT2D eigenvalue weighted by Crippen LogP contribution is -2.16. The van der Waals surface area contributed by atoms with Crippen LogP contribution in [-0.2, 0) is 19.2 Å². The van der Waals surface area contributed by atoms with E-state index in [1.165, 1.54) is 7.11 Å². The highest BCUT2D eigenvalue weighted by Crippen LogP contribution is 2.46. The molecular weight excluding hydrogens is 542 g/mol. The van der Waals surface area contributed by atoms with Crippen LogP contribution in [0, 0.1) is 11.8 Å². The van der Waals surface area contributed by atoms with Gasteiger partial charge in [0.25, 0.3) is 0 Å². The minimum atomic E-state index is -0.236. The molecule has 1 saturated heterocycles. The minimum absolute atomic E-state index is 0.0234. The van der Waals surface area contributed by atoms with Gasteiger partial charge in [-0.2, -0.15) is 0 Å². The standard InChI is InChI=1S/C34H37N5O4/c1-8-20-16(2)25-13-29-23(15-40)18(4)24(36-29)12-26-17(3)21(9-10-31(41)42-6)33(37-26)22-11-30(39-43-7)32-19(5)27(38-34(22)32)14-28(20)35-25/h12-15,17,21,37,39H,8-11H2,1-7H3/t17-,21-/m0/s1. The van der Waals surface area contributed by atoms with Crippen LogP contribution in [0.4, 0.5) is 0 Å². The molecule has 222 valence electrons. The Kier molecular flexibility index (Phi) is 7.38. The summed E-state index contributed by atoms with van der Waals surface area (Å²) in [4.78, 5) is 45.1. The molecule has 1 fully saturated rings. The molecular formula is C34H37N5O4. The van der Waals surface area contributed by atoms with Crippen LogP contribution in [0.25, 0.3) is 0 Å². The highest BCUT2D eigenvalue weighted by molar-refractivity contribution is 6.21. The molecule has 1 aliphatic carbocycles. The summed E-state index contributed by atoms with van der Waals surface area (Å²) < 4.78 is 4.99. The Morgan fingerprint density at radius 3 is 2.49 bits per heavy atom. The number of ether oxygens (including phenoxy) is 1. The zero-order valence-electron chi connectivity index (χ0n) is 25.8. The first kappa shape index (κ1) is 28.7. The van der Waals surface area contributed by atoms with Crippen LogP contribution in [0.5, 0.6) is 0 Å². The van der Waals surface area contributed by atoms with Gasteiger partial charge >= 0.3 is 5.97 Å². The molecule has 6 rings (SSSR count). The summed E-state index contributed by atoms with van der Waals surface area (Å²) in [7, 11) is 3.04. The van der Waals surface area contributed by atoms with Crippen molar-refractivity contribution in [1.82, 2.24) is 10.8 Å². The van der Waals surface area contributed by atoms with E-state index in [1.54, 1.807) is 7.11 Å². The lowest BCUT2D eigenvalue weighted by atomic mass is 9.86. The van der Waals surface area contributed by atoms with Crippen molar-refractivity contribution in [1.29, 1.82) is 0 Å². The number of nitrogens with one attached hydrogen (secondary N) is 2. The third-order valence-electron chi connectivity index (χ3n) is 9.35. The van der Waals surface area contributed by atoms with Crippen LogP contribution in [-0.4, -0.2) is 43.6 Å². The molecule has 2 atom stereocenters. The van der Waals surface area contributed by atoms with Crippen molar-refractivity contribution in [2.24, 2.45) is 26.8 Å². The highest BCUT2D eigenvalue weighted by Gasteiger charge is 2.41. The second-order valence-electron chi connectivity index (χ2n) is 11.6. The maximum Gasteiger partial charge on any atom is 0.305 e. The average molecular weight is 580 g/mol. The molecule has 5 heterocycles.